The van der Waals surface area contributed by atoms with Gasteiger partial charge in [0.2, 0.25) is 5.91 Å². The molecule has 0 aliphatic rings. The predicted molar refractivity (Wildman–Crippen MR) is 83.6 cm³/mol. The maximum Gasteiger partial charge on any atom is 0.242 e. The highest BCUT2D eigenvalue weighted by atomic mass is 79.9. The number of hydrogen-bond acceptors (Lipinski definition) is 4. The van der Waals surface area contributed by atoms with Crippen molar-refractivity contribution >= 4 is 38.6 Å². The number of rotatable bonds is 4. The molecule has 0 saturated heterocycles. The number of fused-ring (bicyclic) bond motifs is 1. The average molecular weight is 337 g/mol. The van der Waals surface area contributed by atoms with Gasteiger partial charge in [0.05, 0.1) is 11.2 Å². The first-order valence-corrected chi connectivity index (χ1v) is 7.24. The predicted octanol–water partition coefficient (Wildman–Crippen LogP) is 2.72. The summed E-state index contributed by atoms with van der Waals surface area (Å²) in [4.78, 5) is 20.6. The second-order valence-electron chi connectivity index (χ2n) is 4.91. The van der Waals surface area contributed by atoms with Gasteiger partial charge >= 0.3 is 0 Å². The van der Waals surface area contributed by atoms with E-state index < -0.39 is 0 Å². The largest absolute Gasteiger partial charge is 0.372 e. The number of carbonyl (C=O) groups excluding carboxylic acids is 1. The molecule has 2 aromatic heterocycles. The van der Waals surface area contributed by atoms with Crippen LogP contribution in [-0.4, -0.2) is 28.0 Å². The molecule has 0 saturated carbocycles. The number of pyridine rings is 2. The van der Waals surface area contributed by atoms with E-state index >= 15 is 0 Å². The van der Waals surface area contributed by atoms with E-state index in [2.05, 4.69) is 36.5 Å². The third-order valence-electron chi connectivity index (χ3n) is 2.74. The van der Waals surface area contributed by atoms with Crippen LogP contribution < -0.4 is 10.6 Å². The number of amides is 1. The van der Waals surface area contributed by atoms with Crippen molar-refractivity contribution in [3.63, 3.8) is 0 Å². The third-order valence-corrected chi connectivity index (χ3v) is 3.17. The Balaban J connectivity index is 2.23. The van der Waals surface area contributed by atoms with Gasteiger partial charge in [0.1, 0.15) is 11.6 Å². The molecule has 2 heterocycles. The highest BCUT2D eigenvalue weighted by molar-refractivity contribution is 9.10. The van der Waals surface area contributed by atoms with Crippen LogP contribution in [0.3, 0.4) is 0 Å². The highest BCUT2D eigenvalue weighted by Crippen LogP contribution is 2.22. The first kappa shape index (κ1) is 14.7. The lowest BCUT2D eigenvalue weighted by Crippen LogP contribution is -2.41. The lowest BCUT2D eigenvalue weighted by atomic mass is 10.2. The van der Waals surface area contributed by atoms with Crippen LogP contribution in [0.15, 0.2) is 29.0 Å². The molecule has 2 aromatic rings. The average Bonchev–Trinajstić information content (AvgIpc) is 2.37. The Bertz CT molecular complexity index is 630. The molecular weight excluding hydrogens is 320 g/mol. The van der Waals surface area contributed by atoms with Gasteiger partial charge in [-0.25, -0.2) is 0 Å². The minimum absolute atomic E-state index is 0.0397. The van der Waals surface area contributed by atoms with E-state index in [0.29, 0.717) is 0 Å². The molecule has 1 amide bonds. The van der Waals surface area contributed by atoms with Crippen LogP contribution in [0.25, 0.3) is 11.0 Å². The smallest absolute Gasteiger partial charge is 0.242 e. The molecule has 2 N–H and O–H groups in total. The van der Waals surface area contributed by atoms with Gasteiger partial charge < -0.3 is 10.6 Å². The van der Waals surface area contributed by atoms with E-state index in [0.717, 1.165) is 21.2 Å². The Morgan fingerprint density at radius 2 is 2.05 bits per heavy atom. The fourth-order valence-electron chi connectivity index (χ4n) is 1.83. The highest BCUT2D eigenvalue weighted by Gasteiger charge is 2.15. The standard InChI is InChI=1S/C14H17BrN4O/c1-8(2)18-14(20)9(3)19-11-4-5-16-12-6-10(15)7-17-13(11)12/h4-9H,1-3H3,(H,16,19)(H,18,20). The molecule has 1 unspecified atom stereocenters. The van der Waals surface area contributed by atoms with Gasteiger partial charge in [-0.1, -0.05) is 0 Å². The topological polar surface area (TPSA) is 66.9 Å². The lowest BCUT2D eigenvalue weighted by molar-refractivity contribution is -0.122. The molecule has 6 heteroatoms. The van der Waals surface area contributed by atoms with Gasteiger partial charge in [-0.15, -0.1) is 0 Å². The fourth-order valence-corrected chi connectivity index (χ4v) is 2.15. The Hall–Kier alpha value is -1.69. The monoisotopic (exact) mass is 336 g/mol. The number of aromatic nitrogens is 2. The minimum atomic E-state index is -0.339. The maximum absolute atomic E-state index is 11.9. The van der Waals surface area contributed by atoms with Crippen LogP contribution in [0.4, 0.5) is 5.69 Å². The first-order valence-electron chi connectivity index (χ1n) is 6.44. The number of nitrogens with one attached hydrogen (secondary N) is 2. The van der Waals surface area contributed by atoms with Crippen molar-refractivity contribution in [2.75, 3.05) is 5.32 Å². The first-order chi connectivity index (χ1) is 9.47. The van der Waals surface area contributed by atoms with E-state index in [1.54, 1.807) is 12.4 Å². The molecule has 106 valence electrons. The summed E-state index contributed by atoms with van der Waals surface area (Å²) < 4.78 is 0.875. The van der Waals surface area contributed by atoms with Crippen molar-refractivity contribution in [1.29, 1.82) is 0 Å². The summed E-state index contributed by atoms with van der Waals surface area (Å²) in [7, 11) is 0. The Labute approximate surface area is 126 Å². The lowest BCUT2D eigenvalue weighted by Gasteiger charge is -2.17. The van der Waals surface area contributed by atoms with Gasteiger partial charge in [-0.05, 0) is 48.8 Å². The molecule has 5 nitrogen and oxygen atoms in total. The third kappa shape index (κ3) is 3.45. The van der Waals surface area contributed by atoms with Gasteiger partial charge in [-0.2, -0.15) is 0 Å². The normalized spacial score (nSPS) is 12.4. The van der Waals surface area contributed by atoms with Crippen LogP contribution >= 0.6 is 15.9 Å². The Kier molecular flexibility index (Phi) is 4.54. The molecule has 0 aliphatic carbocycles. The Morgan fingerprint density at radius 1 is 1.30 bits per heavy atom. The summed E-state index contributed by atoms with van der Waals surface area (Å²) in [5.74, 6) is -0.0397. The van der Waals surface area contributed by atoms with Crippen LogP contribution in [-0.2, 0) is 4.79 Å². The number of halogens is 1. The van der Waals surface area contributed by atoms with Crippen LogP contribution in [0, 0.1) is 0 Å². The molecule has 0 aromatic carbocycles. The van der Waals surface area contributed by atoms with Crippen molar-refractivity contribution in [1.82, 2.24) is 15.3 Å². The van der Waals surface area contributed by atoms with Crippen molar-refractivity contribution in [3.8, 4) is 0 Å². The van der Waals surface area contributed by atoms with Gasteiger partial charge in [0.15, 0.2) is 0 Å². The SMILES string of the molecule is CC(C)NC(=O)C(C)Nc1ccnc2cc(Br)cnc12. The molecule has 20 heavy (non-hydrogen) atoms. The fraction of sp³-hybridized carbons (Fsp3) is 0.357. The zero-order chi connectivity index (χ0) is 14.7. The second-order valence-corrected chi connectivity index (χ2v) is 5.82. The van der Waals surface area contributed by atoms with E-state index in [-0.39, 0.29) is 18.0 Å². The van der Waals surface area contributed by atoms with Gasteiger partial charge in [0.25, 0.3) is 0 Å². The summed E-state index contributed by atoms with van der Waals surface area (Å²) >= 11 is 3.37. The van der Waals surface area contributed by atoms with Crippen LogP contribution in [0.1, 0.15) is 20.8 Å². The number of anilines is 1. The van der Waals surface area contributed by atoms with E-state index in [1.165, 1.54) is 0 Å². The molecule has 2 rings (SSSR count). The van der Waals surface area contributed by atoms with Crippen molar-refractivity contribution in [2.24, 2.45) is 0 Å². The van der Waals surface area contributed by atoms with Crippen LogP contribution in [0.5, 0.6) is 0 Å². The number of carbonyl (C=O) groups is 1. The van der Waals surface area contributed by atoms with E-state index in [4.69, 9.17) is 0 Å². The molecular formula is C14H17BrN4O. The van der Waals surface area contributed by atoms with Crippen molar-refractivity contribution in [3.05, 3.63) is 29.0 Å². The maximum atomic E-state index is 11.9. The zero-order valence-electron chi connectivity index (χ0n) is 11.6. The van der Waals surface area contributed by atoms with Crippen molar-refractivity contribution in [2.45, 2.75) is 32.9 Å². The molecule has 0 spiro atoms. The van der Waals surface area contributed by atoms with Crippen molar-refractivity contribution < 1.29 is 4.79 Å². The number of hydrogen-bond donors (Lipinski definition) is 2. The minimum Gasteiger partial charge on any atom is -0.372 e. The summed E-state index contributed by atoms with van der Waals surface area (Å²) in [6.45, 7) is 5.69. The quantitative estimate of drug-likeness (QED) is 0.900. The Morgan fingerprint density at radius 3 is 2.75 bits per heavy atom. The van der Waals surface area contributed by atoms with E-state index in [9.17, 15) is 4.79 Å². The summed E-state index contributed by atoms with van der Waals surface area (Å²) in [6, 6.07) is 3.50. The summed E-state index contributed by atoms with van der Waals surface area (Å²) in [5, 5.41) is 6.05. The molecule has 0 fully saturated rings. The van der Waals surface area contributed by atoms with Crippen LogP contribution in [0.2, 0.25) is 0 Å². The van der Waals surface area contributed by atoms with Gasteiger partial charge in [0, 0.05) is 22.9 Å². The molecule has 1 atom stereocenters. The number of nitrogens with zero attached hydrogens (tertiary/aromatic N) is 2. The summed E-state index contributed by atoms with van der Waals surface area (Å²) in [5.41, 5.74) is 2.33. The van der Waals surface area contributed by atoms with E-state index in [1.807, 2.05) is 32.9 Å². The molecule has 0 aliphatic heterocycles. The zero-order valence-corrected chi connectivity index (χ0v) is 13.2. The second kappa shape index (κ2) is 6.17. The summed E-state index contributed by atoms with van der Waals surface area (Å²) in [6.07, 6.45) is 3.42. The molecule has 0 radical (unpaired) electrons. The van der Waals surface area contributed by atoms with Gasteiger partial charge in [-0.3, -0.25) is 14.8 Å². The molecule has 0 bridgehead atoms.